The van der Waals surface area contributed by atoms with Crippen molar-refractivity contribution in [3.8, 4) is 0 Å². The Kier molecular flexibility index (Phi) is 4.99. The molecule has 8 heteroatoms. The number of amides is 3. The zero-order valence-corrected chi connectivity index (χ0v) is 17.5. The summed E-state index contributed by atoms with van der Waals surface area (Å²) in [4.78, 5) is 45.7. The molecule has 158 valence electrons. The number of carbonyl (C=O) groups is 3. The second kappa shape index (κ2) is 7.97. The average Bonchev–Trinajstić information content (AvgIpc) is 3.32. The molecule has 2 heterocycles. The number of rotatable bonds is 5. The zero-order valence-electron chi connectivity index (χ0n) is 16.7. The van der Waals surface area contributed by atoms with Gasteiger partial charge in [-0.1, -0.05) is 53.8 Å². The lowest BCUT2D eigenvalue weighted by atomic mass is 10.1. The van der Waals surface area contributed by atoms with Crippen molar-refractivity contribution in [2.75, 3.05) is 11.4 Å². The highest BCUT2D eigenvalue weighted by molar-refractivity contribution is 7.22. The molecule has 3 aromatic carbocycles. The fourth-order valence-corrected chi connectivity index (χ4v) is 4.64. The molecule has 1 aromatic heterocycles. The van der Waals surface area contributed by atoms with Crippen molar-refractivity contribution in [1.29, 1.82) is 0 Å². The molecule has 6 nitrogen and oxygen atoms in total. The van der Waals surface area contributed by atoms with Gasteiger partial charge < -0.3 is 0 Å². The number of imide groups is 1. The van der Waals surface area contributed by atoms with E-state index in [1.165, 1.54) is 28.4 Å². The van der Waals surface area contributed by atoms with Gasteiger partial charge in [-0.2, -0.15) is 0 Å². The lowest BCUT2D eigenvalue weighted by Gasteiger charge is -2.22. The number of fused-ring (bicyclic) bond motifs is 2. The van der Waals surface area contributed by atoms with Crippen LogP contribution in [0.2, 0.25) is 0 Å². The Bertz CT molecular complexity index is 1330. The van der Waals surface area contributed by atoms with Crippen LogP contribution in [0.25, 0.3) is 10.2 Å². The minimum atomic E-state index is -0.495. The van der Waals surface area contributed by atoms with Gasteiger partial charge in [0.25, 0.3) is 11.8 Å². The van der Waals surface area contributed by atoms with Gasteiger partial charge in [-0.15, -0.1) is 0 Å². The van der Waals surface area contributed by atoms with Gasteiger partial charge in [0.2, 0.25) is 5.91 Å². The molecule has 0 bridgehead atoms. The molecule has 0 unspecified atom stereocenters. The quantitative estimate of drug-likeness (QED) is 0.430. The van der Waals surface area contributed by atoms with E-state index in [0.717, 1.165) is 10.5 Å². The van der Waals surface area contributed by atoms with Crippen molar-refractivity contribution in [2.24, 2.45) is 0 Å². The molecule has 1 aliphatic rings. The lowest BCUT2D eigenvalue weighted by Crippen LogP contribution is -2.42. The lowest BCUT2D eigenvalue weighted by molar-refractivity contribution is -0.119. The first-order valence-corrected chi connectivity index (χ1v) is 10.7. The van der Waals surface area contributed by atoms with Crippen LogP contribution < -0.4 is 4.90 Å². The van der Waals surface area contributed by atoms with Crippen LogP contribution in [0.3, 0.4) is 0 Å². The summed E-state index contributed by atoms with van der Waals surface area (Å²) in [5.74, 6) is -1.84. The summed E-state index contributed by atoms with van der Waals surface area (Å²) in [5.41, 5.74) is 2.00. The second-order valence-corrected chi connectivity index (χ2v) is 8.33. The molecule has 0 spiro atoms. The fourth-order valence-electron chi connectivity index (χ4n) is 3.63. The Morgan fingerprint density at radius 1 is 0.938 bits per heavy atom. The van der Waals surface area contributed by atoms with Crippen molar-refractivity contribution < 1.29 is 18.8 Å². The van der Waals surface area contributed by atoms with Crippen LogP contribution in [0.5, 0.6) is 0 Å². The smallest absolute Gasteiger partial charge is 0.262 e. The molecule has 0 radical (unpaired) electrons. The topological polar surface area (TPSA) is 70.6 Å². The Labute approximate surface area is 186 Å². The summed E-state index contributed by atoms with van der Waals surface area (Å²) in [6, 6.07) is 20.1. The highest BCUT2D eigenvalue weighted by atomic mass is 32.1. The van der Waals surface area contributed by atoms with E-state index in [4.69, 9.17) is 0 Å². The number of thiazole rings is 1. The Balaban J connectivity index is 1.48. The van der Waals surface area contributed by atoms with E-state index in [1.807, 2.05) is 30.3 Å². The Hall–Kier alpha value is -3.91. The summed E-state index contributed by atoms with van der Waals surface area (Å²) in [7, 11) is 0. The summed E-state index contributed by atoms with van der Waals surface area (Å²) in [6.07, 6.45) is 0. The van der Waals surface area contributed by atoms with Gasteiger partial charge in [-0.25, -0.2) is 9.37 Å². The highest BCUT2D eigenvalue weighted by Crippen LogP contribution is 2.31. The monoisotopic (exact) mass is 445 g/mol. The Morgan fingerprint density at radius 3 is 2.28 bits per heavy atom. The molecule has 4 aromatic rings. The van der Waals surface area contributed by atoms with Crippen molar-refractivity contribution >= 4 is 44.4 Å². The van der Waals surface area contributed by atoms with E-state index < -0.39 is 24.3 Å². The van der Waals surface area contributed by atoms with Crippen LogP contribution in [0.1, 0.15) is 26.3 Å². The summed E-state index contributed by atoms with van der Waals surface area (Å²) < 4.78 is 14.3. The van der Waals surface area contributed by atoms with Crippen LogP contribution in [0.15, 0.2) is 72.8 Å². The summed E-state index contributed by atoms with van der Waals surface area (Å²) in [6.45, 7) is -0.214. The third kappa shape index (κ3) is 3.54. The average molecular weight is 445 g/mol. The minimum Gasteiger partial charge on any atom is -0.282 e. The number of halogens is 1. The first kappa shape index (κ1) is 20.0. The SMILES string of the molecule is O=C1c2ccccc2C(=O)N1CC(=O)N(Cc1ccccc1)c1nc2ccc(F)cc2s1. The van der Waals surface area contributed by atoms with E-state index in [1.54, 1.807) is 30.3 Å². The Morgan fingerprint density at radius 2 is 1.59 bits per heavy atom. The molecule has 0 N–H and O–H groups in total. The molecule has 0 saturated carbocycles. The van der Waals surface area contributed by atoms with Crippen molar-refractivity contribution in [1.82, 2.24) is 9.88 Å². The second-order valence-electron chi connectivity index (χ2n) is 7.32. The highest BCUT2D eigenvalue weighted by Gasteiger charge is 2.37. The first-order valence-electron chi connectivity index (χ1n) is 9.87. The third-order valence-electron chi connectivity index (χ3n) is 5.23. The van der Waals surface area contributed by atoms with Crippen molar-refractivity contribution in [3.05, 3.63) is 95.3 Å². The molecule has 0 fully saturated rings. The summed E-state index contributed by atoms with van der Waals surface area (Å²) in [5, 5.41) is 0.371. The maximum absolute atomic E-state index is 13.7. The van der Waals surface area contributed by atoms with Gasteiger partial charge >= 0.3 is 0 Å². The largest absolute Gasteiger partial charge is 0.282 e. The van der Waals surface area contributed by atoms with Gasteiger partial charge in [0.15, 0.2) is 5.13 Å². The van der Waals surface area contributed by atoms with Crippen molar-refractivity contribution in [2.45, 2.75) is 6.54 Å². The summed E-state index contributed by atoms with van der Waals surface area (Å²) >= 11 is 1.18. The van der Waals surface area contributed by atoms with E-state index >= 15 is 0 Å². The minimum absolute atomic E-state index is 0.200. The third-order valence-corrected chi connectivity index (χ3v) is 6.27. The van der Waals surface area contributed by atoms with Gasteiger partial charge in [0.1, 0.15) is 12.4 Å². The number of hydrogen-bond acceptors (Lipinski definition) is 5. The standard InChI is InChI=1S/C24H16FN3O3S/c25-16-10-11-19-20(12-16)32-24(26-19)27(13-15-6-2-1-3-7-15)21(29)14-28-22(30)17-8-4-5-9-18(17)23(28)31/h1-12H,13-14H2. The van der Waals surface area contributed by atoms with Crippen LogP contribution in [-0.4, -0.2) is 34.2 Å². The van der Waals surface area contributed by atoms with Gasteiger partial charge in [0.05, 0.1) is 27.9 Å². The van der Waals surface area contributed by atoms with Gasteiger partial charge in [-0.05, 0) is 35.9 Å². The molecule has 0 atom stereocenters. The normalized spacial score (nSPS) is 13.0. The predicted octanol–water partition coefficient (Wildman–Crippen LogP) is 4.26. The van der Waals surface area contributed by atoms with E-state index in [-0.39, 0.29) is 23.5 Å². The molecule has 1 aliphatic heterocycles. The van der Waals surface area contributed by atoms with Crippen LogP contribution in [0, 0.1) is 5.82 Å². The number of carbonyl (C=O) groups excluding carboxylic acids is 3. The molecule has 3 amide bonds. The van der Waals surface area contributed by atoms with Crippen LogP contribution in [-0.2, 0) is 11.3 Å². The fraction of sp³-hybridized carbons (Fsp3) is 0.0833. The number of benzene rings is 3. The molecule has 32 heavy (non-hydrogen) atoms. The molecule has 5 rings (SSSR count). The predicted molar refractivity (Wildman–Crippen MR) is 119 cm³/mol. The van der Waals surface area contributed by atoms with E-state index in [9.17, 15) is 18.8 Å². The van der Waals surface area contributed by atoms with E-state index in [0.29, 0.717) is 15.3 Å². The molecule has 0 saturated heterocycles. The maximum Gasteiger partial charge on any atom is 0.262 e. The number of anilines is 1. The van der Waals surface area contributed by atoms with Gasteiger partial charge in [-0.3, -0.25) is 24.2 Å². The number of aromatic nitrogens is 1. The molecular formula is C24H16FN3O3S. The molecular weight excluding hydrogens is 429 g/mol. The number of hydrogen-bond donors (Lipinski definition) is 0. The first-order chi connectivity index (χ1) is 15.5. The molecule has 0 aliphatic carbocycles. The number of nitrogens with zero attached hydrogens (tertiary/aromatic N) is 3. The maximum atomic E-state index is 13.7. The van der Waals surface area contributed by atoms with E-state index in [2.05, 4.69) is 4.98 Å². The zero-order chi connectivity index (χ0) is 22.2. The van der Waals surface area contributed by atoms with Crippen molar-refractivity contribution in [3.63, 3.8) is 0 Å². The van der Waals surface area contributed by atoms with Gasteiger partial charge in [0, 0.05) is 0 Å². The van der Waals surface area contributed by atoms with Crippen LogP contribution >= 0.6 is 11.3 Å². The van der Waals surface area contributed by atoms with Crippen LogP contribution in [0.4, 0.5) is 9.52 Å².